The zero-order chi connectivity index (χ0) is 8.48. The molecule has 0 radical (unpaired) electrons. The predicted molar refractivity (Wildman–Crippen MR) is 48.8 cm³/mol. The number of amides is 1. The minimum absolute atomic E-state index is 0.174. The van der Waals surface area contributed by atoms with Crippen LogP contribution in [-0.2, 0) is 4.79 Å². The molecule has 0 saturated heterocycles. The highest BCUT2D eigenvalue weighted by Crippen LogP contribution is 2.25. The second-order valence-electron chi connectivity index (χ2n) is 3.46. The summed E-state index contributed by atoms with van der Waals surface area (Å²) >= 11 is 1.59. The Hall–Kier alpha value is -0.180. The quantitative estimate of drug-likeness (QED) is 0.699. The molecule has 1 N–H and O–H groups in total. The van der Waals surface area contributed by atoms with Gasteiger partial charge in [0.1, 0.15) is 0 Å². The molecule has 0 heterocycles. The van der Waals surface area contributed by atoms with Gasteiger partial charge in [-0.15, -0.1) is 11.8 Å². The molecule has 0 aromatic carbocycles. The number of carbonyl (C=O) groups is 1. The van der Waals surface area contributed by atoms with Crippen molar-refractivity contribution in [3.8, 4) is 0 Å². The van der Waals surface area contributed by atoms with E-state index in [4.69, 9.17) is 0 Å². The molecule has 1 rings (SSSR count). The van der Waals surface area contributed by atoms with Gasteiger partial charge in [0.25, 0.3) is 0 Å². The molecule has 1 amide bonds. The summed E-state index contributed by atoms with van der Waals surface area (Å²) < 4.78 is -0.261. The van der Waals surface area contributed by atoms with E-state index in [0.29, 0.717) is 6.04 Å². The van der Waals surface area contributed by atoms with Crippen LogP contribution in [0.25, 0.3) is 0 Å². The average Bonchev–Trinajstić information content (AvgIpc) is 2.72. The first-order valence-corrected chi connectivity index (χ1v) is 5.15. The van der Waals surface area contributed by atoms with Gasteiger partial charge in [-0.1, -0.05) is 0 Å². The van der Waals surface area contributed by atoms with E-state index in [-0.39, 0.29) is 10.7 Å². The number of thioether (sulfide) groups is 1. The Bertz CT molecular complexity index is 163. The largest absolute Gasteiger partial charge is 0.352 e. The smallest absolute Gasteiger partial charge is 0.235 e. The van der Waals surface area contributed by atoms with Crippen LogP contribution in [0.15, 0.2) is 0 Å². The minimum Gasteiger partial charge on any atom is -0.352 e. The lowest BCUT2D eigenvalue weighted by Crippen LogP contribution is -2.40. The van der Waals surface area contributed by atoms with E-state index in [9.17, 15) is 4.79 Å². The van der Waals surface area contributed by atoms with Gasteiger partial charge in [0.15, 0.2) is 0 Å². The number of hydrogen-bond acceptors (Lipinski definition) is 2. The van der Waals surface area contributed by atoms with Crippen LogP contribution in [0.1, 0.15) is 26.7 Å². The molecule has 1 saturated carbocycles. The summed E-state index contributed by atoms with van der Waals surface area (Å²) in [5.41, 5.74) is 0. The maximum absolute atomic E-state index is 11.4. The fourth-order valence-corrected chi connectivity index (χ4v) is 0.924. The predicted octanol–water partition coefficient (Wildman–Crippen LogP) is 1.41. The molecule has 0 spiro atoms. The van der Waals surface area contributed by atoms with Crippen LogP contribution >= 0.6 is 11.8 Å². The van der Waals surface area contributed by atoms with E-state index in [2.05, 4.69) is 5.32 Å². The maximum atomic E-state index is 11.4. The summed E-state index contributed by atoms with van der Waals surface area (Å²) in [7, 11) is 0. The second kappa shape index (κ2) is 3.05. The fourth-order valence-electron chi connectivity index (χ4n) is 0.680. The molecule has 0 aliphatic heterocycles. The van der Waals surface area contributed by atoms with Gasteiger partial charge >= 0.3 is 0 Å². The third-order valence-electron chi connectivity index (χ3n) is 1.97. The molecule has 0 bridgehead atoms. The first kappa shape index (κ1) is 8.91. The molecule has 3 heteroatoms. The van der Waals surface area contributed by atoms with Crippen molar-refractivity contribution in [1.29, 1.82) is 0 Å². The third-order valence-corrected chi connectivity index (χ3v) is 3.18. The Labute approximate surface area is 72.1 Å². The standard InChI is InChI=1S/C8H15NOS/c1-8(2,11-3)7(10)9-6-4-5-6/h6H,4-5H2,1-3H3,(H,9,10). The number of hydrogen-bond donors (Lipinski definition) is 1. The monoisotopic (exact) mass is 173 g/mol. The van der Waals surface area contributed by atoms with E-state index >= 15 is 0 Å². The van der Waals surface area contributed by atoms with Crippen LogP contribution in [0.4, 0.5) is 0 Å². The van der Waals surface area contributed by atoms with Crippen molar-refractivity contribution < 1.29 is 4.79 Å². The average molecular weight is 173 g/mol. The van der Waals surface area contributed by atoms with Gasteiger partial charge < -0.3 is 5.32 Å². The minimum atomic E-state index is -0.261. The van der Waals surface area contributed by atoms with Crippen molar-refractivity contribution >= 4 is 17.7 Å². The van der Waals surface area contributed by atoms with Gasteiger partial charge in [-0.05, 0) is 32.9 Å². The van der Waals surface area contributed by atoms with Crippen LogP contribution in [0, 0.1) is 0 Å². The van der Waals surface area contributed by atoms with Gasteiger partial charge in [0.2, 0.25) is 5.91 Å². The molecule has 1 fully saturated rings. The summed E-state index contributed by atoms with van der Waals surface area (Å²) in [5.74, 6) is 0.174. The molecular weight excluding hydrogens is 158 g/mol. The SMILES string of the molecule is CSC(C)(C)C(=O)NC1CC1. The van der Waals surface area contributed by atoms with Crippen molar-refractivity contribution in [3.63, 3.8) is 0 Å². The highest BCUT2D eigenvalue weighted by Gasteiger charge is 2.31. The molecule has 0 atom stereocenters. The summed E-state index contributed by atoms with van der Waals surface area (Å²) in [6.07, 6.45) is 4.29. The number of rotatable bonds is 3. The van der Waals surface area contributed by atoms with E-state index in [1.807, 2.05) is 20.1 Å². The number of carbonyl (C=O) groups excluding carboxylic acids is 1. The van der Waals surface area contributed by atoms with E-state index in [1.165, 1.54) is 0 Å². The topological polar surface area (TPSA) is 29.1 Å². The van der Waals surface area contributed by atoms with E-state index < -0.39 is 0 Å². The van der Waals surface area contributed by atoms with Crippen LogP contribution in [0.3, 0.4) is 0 Å². The van der Waals surface area contributed by atoms with Crippen LogP contribution in [0.2, 0.25) is 0 Å². The second-order valence-corrected chi connectivity index (χ2v) is 4.89. The molecule has 0 aromatic rings. The van der Waals surface area contributed by atoms with E-state index in [0.717, 1.165) is 12.8 Å². The zero-order valence-corrected chi connectivity index (χ0v) is 8.12. The van der Waals surface area contributed by atoms with Crippen LogP contribution in [-0.4, -0.2) is 23.0 Å². The lowest BCUT2D eigenvalue weighted by Gasteiger charge is -2.20. The first-order chi connectivity index (χ1) is 5.06. The van der Waals surface area contributed by atoms with Crippen molar-refractivity contribution in [2.24, 2.45) is 0 Å². The molecule has 0 unspecified atom stereocenters. The molecule has 1 aliphatic rings. The highest BCUT2D eigenvalue weighted by atomic mass is 32.2. The highest BCUT2D eigenvalue weighted by molar-refractivity contribution is 8.00. The summed E-state index contributed by atoms with van der Waals surface area (Å²) in [6.45, 7) is 3.91. The molecule has 64 valence electrons. The van der Waals surface area contributed by atoms with Gasteiger partial charge in [0, 0.05) is 6.04 Å². The Morgan fingerprint density at radius 2 is 2.09 bits per heavy atom. The fraction of sp³-hybridized carbons (Fsp3) is 0.875. The number of nitrogens with one attached hydrogen (secondary N) is 1. The molecule has 1 aliphatic carbocycles. The van der Waals surface area contributed by atoms with Gasteiger partial charge in [-0.25, -0.2) is 0 Å². The Kier molecular flexibility index (Phi) is 2.47. The summed E-state index contributed by atoms with van der Waals surface area (Å²) in [5, 5.41) is 2.99. The van der Waals surface area contributed by atoms with Crippen molar-refractivity contribution in [2.45, 2.75) is 37.5 Å². The maximum Gasteiger partial charge on any atom is 0.235 e. The Morgan fingerprint density at radius 1 is 1.55 bits per heavy atom. The molecule has 2 nitrogen and oxygen atoms in total. The van der Waals surface area contributed by atoms with Crippen molar-refractivity contribution in [1.82, 2.24) is 5.32 Å². The third kappa shape index (κ3) is 2.40. The van der Waals surface area contributed by atoms with Crippen LogP contribution in [0.5, 0.6) is 0 Å². The zero-order valence-electron chi connectivity index (χ0n) is 7.31. The van der Waals surface area contributed by atoms with Gasteiger partial charge in [0.05, 0.1) is 4.75 Å². The summed E-state index contributed by atoms with van der Waals surface area (Å²) in [6, 6.07) is 0.480. The molecule has 0 aromatic heterocycles. The first-order valence-electron chi connectivity index (χ1n) is 3.92. The Morgan fingerprint density at radius 3 is 2.45 bits per heavy atom. The summed E-state index contributed by atoms with van der Waals surface area (Å²) in [4.78, 5) is 11.4. The molecule has 11 heavy (non-hydrogen) atoms. The van der Waals surface area contributed by atoms with E-state index in [1.54, 1.807) is 11.8 Å². The van der Waals surface area contributed by atoms with Gasteiger partial charge in [-0.2, -0.15) is 0 Å². The Balaban J connectivity index is 2.37. The van der Waals surface area contributed by atoms with Crippen molar-refractivity contribution in [3.05, 3.63) is 0 Å². The lowest BCUT2D eigenvalue weighted by atomic mass is 10.2. The van der Waals surface area contributed by atoms with Gasteiger partial charge in [-0.3, -0.25) is 4.79 Å². The lowest BCUT2D eigenvalue weighted by molar-refractivity contribution is -0.122. The normalized spacial score (nSPS) is 18.1. The molecular formula is C8H15NOS. The van der Waals surface area contributed by atoms with Crippen LogP contribution < -0.4 is 5.32 Å². The van der Waals surface area contributed by atoms with Crippen molar-refractivity contribution in [2.75, 3.05) is 6.26 Å².